The zero-order valence-electron chi connectivity index (χ0n) is 15.6. The van der Waals surface area contributed by atoms with E-state index in [1.165, 1.54) is 35.2 Å². The number of nitrogens with zero attached hydrogens (tertiary/aromatic N) is 3. The molecule has 1 atom stereocenters. The lowest BCUT2D eigenvalue weighted by Gasteiger charge is -2.33. The molecular weight excluding hydrogens is 324 g/mol. The molecule has 0 bridgehead atoms. The number of carbonyl (C=O) groups is 1. The molecule has 0 radical (unpaired) electrons. The largest absolute Gasteiger partial charge is 0.347 e. The van der Waals surface area contributed by atoms with Crippen LogP contribution in [0.2, 0.25) is 0 Å². The van der Waals surface area contributed by atoms with Crippen molar-refractivity contribution in [3.63, 3.8) is 0 Å². The summed E-state index contributed by atoms with van der Waals surface area (Å²) in [5, 5.41) is 3.06. The number of nitrogens with one attached hydrogen (secondary N) is 1. The Labute approximate surface area is 154 Å². The maximum absolute atomic E-state index is 12.8. The third kappa shape index (κ3) is 3.36. The highest BCUT2D eigenvalue weighted by atomic mass is 16.2. The van der Waals surface area contributed by atoms with Crippen molar-refractivity contribution in [3.8, 4) is 0 Å². The van der Waals surface area contributed by atoms with Gasteiger partial charge in [-0.1, -0.05) is 24.3 Å². The van der Waals surface area contributed by atoms with Crippen LogP contribution in [-0.4, -0.2) is 33.9 Å². The van der Waals surface area contributed by atoms with E-state index in [0.29, 0.717) is 6.54 Å². The topological polar surface area (TPSA) is 58.1 Å². The Kier molecular flexibility index (Phi) is 4.72. The third-order valence-corrected chi connectivity index (χ3v) is 5.64. The quantitative estimate of drug-likeness (QED) is 0.923. The van der Waals surface area contributed by atoms with Gasteiger partial charge >= 0.3 is 0 Å². The van der Waals surface area contributed by atoms with Crippen LogP contribution in [0.25, 0.3) is 0 Å². The van der Waals surface area contributed by atoms with Crippen LogP contribution in [0.15, 0.2) is 24.3 Å². The lowest BCUT2D eigenvalue weighted by molar-refractivity contribution is -0.126. The number of benzene rings is 1. The fraction of sp³-hybridized carbons (Fsp3) is 0.476. The summed E-state index contributed by atoms with van der Waals surface area (Å²) >= 11 is 0. The summed E-state index contributed by atoms with van der Waals surface area (Å²) in [6.07, 6.45) is 5.29. The number of rotatable bonds is 3. The Hall–Kier alpha value is -2.27. The van der Waals surface area contributed by atoms with E-state index in [0.717, 1.165) is 37.3 Å². The van der Waals surface area contributed by atoms with Crippen molar-refractivity contribution in [2.24, 2.45) is 0 Å². The summed E-state index contributed by atoms with van der Waals surface area (Å²) in [6.45, 7) is 3.27. The molecule has 5 heteroatoms. The Balaban J connectivity index is 1.44. The van der Waals surface area contributed by atoms with Gasteiger partial charge in [-0.3, -0.25) is 9.69 Å². The Morgan fingerprint density at radius 3 is 2.81 bits per heavy atom. The van der Waals surface area contributed by atoms with E-state index in [1.807, 2.05) is 13.1 Å². The molecule has 1 N–H and O–H groups in total. The van der Waals surface area contributed by atoms with E-state index in [9.17, 15) is 4.79 Å². The Bertz CT molecular complexity index is 833. The molecule has 0 saturated carbocycles. The molecule has 0 saturated heterocycles. The average Bonchev–Trinajstić information content (AvgIpc) is 2.65. The summed E-state index contributed by atoms with van der Waals surface area (Å²) in [5.41, 5.74) is 6.15. The highest BCUT2D eigenvalue weighted by Crippen LogP contribution is 2.23. The molecule has 1 aliphatic heterocycles. The Morgan fingerprint density at radius 2 is 1.96 bits per heavy atom. The van der Waals surface area contributed by atoms with E-state index in [1.54, 1.807) is 0 Å². The minimum absolute atomic E-state index is 0.0565. The van der Waals surface area contributed by atoms with Gasteiger partial charge in [-0.2, -0.15) is 0 Å². The van der Waals surface area contributed by atoms with Crippen molar-refractivity contribution >= 4 is 5.91 Å². The smallest absolute Gasteiger partial charge is 0.238 e. The van der Waals surface area contributed by atoms with E-state index < -0.39 is 0 Å². The number of fused-ring (bicyclic) bond motifs is 2. The molecule has 5 nitrogen and oxygen atoms in total. The minimum atomic E-state index is -0.136. The number of aryl methyl sites for hydroxylation is 2. The van der Waals surface area contributed by atoms with E-state index >= 15 is 0 Å². The minimum Gasteiger partial charge on any atom is -0.347 e. The number of amides is 1. The highest BCUT2D eigenvalue weighted by molar-refractivity contribution is 5.82. The van der Waals surface area contributed by atoms with Gasteiger partial charge in [-0.15, -0.1) is 0 Å². The van der Waals surface area contributed by atoms with Crippen LogP contribution in [0.4, 0.5) is 0 Å². The number of likely N-dealkylation sites (N-methyl/N-ethyl adjacent to an activating group) is 1. The molecule has 0 spiro atoms. The predicted molar refractivity (Wildman–Crippen MR) is 101 cm³/mol. The number of aromatic nitrogens is 2. The second kappa shape index (κ2) is 7.16. The first kappa shape index (κ1) is 17.2. The standard InChI is InChI=1S/C21H26N4O/c1-14-17-9-5-6-10-18(17)24-20(23-14)12-22-21(26)19-11-15-7-3-4-8-16(15)13-25(19)2/h3-4,7-8,19H,5-6,9-13H2,1-2H3,(H,22,26). The van der Waals surface area contributed by atoms with Crippen LogP contribution >= 0.6 is 0 Å². The summed E-state index contributed by atoms with van der Waals surface area (Å²) in [4.78, 5) is 24.2. The summed E-state index contributed by atoms with van der Waals surface area (Å²) in [6, 6.07) is 8.23. The molecule has 26 heavy (non-hydrogen) atoms. The van der Waals surface area contributed by atoms with Gasteiger partial charge in [0.25, 0.3) is 0 Å². The van der Waals surface area contributed by atoms with Crippen LogP contribution in [0, 0.1) is 6.92 Å². The van der Waals surface area contributed by atoms with Gasteiger partial charge in [0.2, 0.25) is 5.91 Å². The molecule has 4 rings (SSSR count). The zero-order chi connectivity index (χ0) is 18.1. The molecule has 1 amide bonds. The van der Waals surface area contributed by atoms with Crippen molar-refractivity contribution in [1.82, 2.24) is 20.2 Å². The molecule has 0 fully saturated rings. The fourth-order valence-corrected chi connectivity index (χ4v) is 4.15. The van der Waals surface area contributed by atoms with Crippen LogP contribution in [0.3, 0.4) is 0 Å². The van der Waals surface area contributed by atoms with Crippen LogP contribution < -0.4 is 5.32 Å². The van der Waals surface area contributed by atoms with Crippen molar-refractivity contribution in [2.45, 2.75) is 58.2 Å². The number of hydrogen-bond acceptors (Lipinski definition) is 4. The number of carbonyl (C=O) groups excluding carboxylic acids is 1. The predicted octanol–water partition coefficient (Wildman–Crippen LogP) is 2.34. The van der Waals surface area contributed by atoms with Crippen LogP contribution in [-0.2, 0) is 37.1 Å². The van der Waals surface area contributed by atoms with Crippen LogP contribution in [0.1, 0.15) is 46.7 Å². The van der Waals surface area contributed by atoms with Gasteiger partial charge < -0.3 is 5.32 Å². The van der Waals surface area contributed by atoms with Crippen molar-refractivity contribution in [1.29, 1.82) is 0 Å². The van der Waals surface area contributed by atoms with E-state index in [-0.39, 0.29) is 11.9 Å². The van der Waals surface area contributed by atoms with Crippen molar-refractivity contribution in [2.75, 3.05) is 7.05 Å². The summed E-state index contributed by atoms with van der Waals surface area (Å²) < 4.78 is 0. The lowest BCUT2D eigenvalue weighted by Crippen LogP contribution is -2.48. The monoisotopic (exact) mass is 350 g/mol. The second-order valence-electron chi connectivity index (χ2n) is 7.48. The van der Waals surface area contributed by atoms with Crippen molar-refractivity contribution in [3.05, 3.63) is 58.2 Å². The number of hydrogen-bond donors (Lipinski definition) is 1. The first-order valence-electron chi connectivity index (χ1n) is 9.52. The summed E-state index contributed by atoms with van der Waals surface area (Å²) in [5.74, 6) is 0.788. The van der Waals surface area contributed by atoms with Gasteiger partial charge in [0.05, 0.1) is 12.6 Å². The lowest BCUT2D eigenvalue weighted by atomic mass is 9.94. The van der Waals surface area contributed by atoms with E-state index in [4.69, 9.17) is 4.98 Å². The normalized spacial score (nSPS) is 19.5. The zero-order valence-corrected chi connectivity index (χ0v) is 15.6. The molecule has 2 aliphatic rings. The Morgan fingerprint density at radius 1 is 1.19 bits per heavy atom. The molecule has 136 valence electrons. The molecule has 1 aliphatic carbocycles. The highest BCUT2D eigenvalue weighted by Gasteiger charge is 2.28. The summed E-state index contributed by atoms with van der Waals surface area (Å²) in [7, 11) is 2.01. The molecule has 1 aromatic heterocycles. The first-order valence-corrected chi connectivity index (χ1v) is 9.52. The molecule has 2 heterocycles. The van der Waals surface area contributed by atoms with Gasteiger partial charge in [-0.05, 0) is 62.8 Å². The molecular formula is C21H26N4O. The SMILES string of the molecule is Cc1nc(CNC(=O)C2Cc3ccccc3CN2C)nc2c1CCCC2. The fourth-order valence-electron chi connectivity index (χ4n) is 4.15. The maximum atomic E-state index is 12.8. The van der Waals surface area contributed by atoms with E-state index in [2.05, 4.69) is 40.3 Å². The average molecular weight is 350 g/mol. The third-order valence-electron chi connectivity index (χ3n) is 5.64. The molecule has 2 aromatic rings. The van der Waals surface area contributed by atoms with Gasteiger partial charge in [0, 0.05) is 17.9 Å². The van der Waals surface area contributed by atoms with Gasteiger partial charge in [0.1, 0.15) is 5.82 Å². The first-order chi connectivity index (χ1) is 12.6. The van der Waals surface area contributed by atoms with Gasteiger partial charge in [-0.25, -0.2) is 9.97 Å². The van der Waals surface area contributed by atoms with Crippen LogP contribution in [0.5, 0.6) is 0 Å². The van der Waals surface area contributed by atoms with Gasteiger partial charge in [0.15, 0.2) is 0 Å². The second-order valence-corrected chi connectivity index (χ2v) is 7.48. The molecule has 1 aromatic carbocycles. The molecule has 1 unspecified atom stereocenters. The maximum Gasteiger partial charge on any atom is 0.238 e. The van der Waals surface area contributed by atoms with Crippen molar-refractivity contribution < 1.29 is 4.79 Å².